The van der Waals surface area contributed by atoms with Crippen LogP contribution < -0.4 is 0 Å². The third kappa shape index (κ3) is 10.1. The van der Waals surface area contributed by atoms with Crippen molar-refractivity contribution in [2.45, 2.75) is 0 Å². The average molecular weight is 1490 g/mol. The summed E-state index contributed by atoms with van der Waals surface area (Å²) in [6.45, 7) is 0. The van der Waals surface area contributed by atoms with Gasteiger partial charge >= 0.3 is 0 Å². The van der Waals surface area contributed by atoms with Crippen LogP contribution in [0.4, 0.5) is 0 Å². The molecule has 0 amide bonds. The summed E-state index contributed by atoms with van der Waals surface area (Å²) >= 11 is 0. The molecule has 0 nitrogen and oxygen atoms in total. The van der Waals surface area contributed by atoms with Crippen LogP contribution in [0.3, 0.4) is 0 Å². The smallest absolute Gasteiger partial charge is 0.000139 e. The summed E-state index contributed by atoms with van der Waals surface area (Å²) in [5, 5.41) is 23.3. The maximum absolute atomic E-state index is 2.47. The Hall–Kier alpha value is -15.3. The first-order chi connectivity index (χ1) is 58.7. The first-order valence-electron chi connectivity index (χ1n) is 41.1. The highest BCUT2D eigenvalue weighted by Gasteiger charge is 2.37. The van der Waals surface area contributed by atoms with E-state index in [0.717, 1.165) is 0 Å². The molecule has 0 aliphatic heterocycles. The summed E-state index contributed by atoms with van der Waals surface area (Å²) in [4.78, 5) is 0. The summed E-state index contributed by atoms with van der Waals surface area (Å²) in [5.74, 6) is 0. The predicted octanol–water partition coefficient (Wildman–Crippen LogP) is 33.2. The first kappa shape index (κ1) is 67.2. The van der Waals surface area contributed by atoms with Gasteiger partial charge in [0.1, 0.15) is 0 Å². The van der Waals surface area contributed by atoms with Gasteiger partial charge < -0.3 is 0 Å². The Bertz CT molecular complexity index is 7360. The molecule has 23 aromatic rings. The van der Waals surface area contributed by atoms with Gasteiger partial charge in [0, 0.05) is 0 Å². The fraction of sp³-hybridized carbons (Fsp3) is 0. The zero-order valence-electron chi connectivity index (χ0n) is 64.6. The molecular weight excluding hydrogens is 1420 g/mol. The van der Waals surface area contributed by atoms with Crippen molar-refractivity contribution in [3.8, 4) is 156 Å². The summed E-state index contributed by atoms with van der Waals surface area (Å²) in [6, 6.07) is 162. The molecule has 0 heteroatoms. The highest BCUT2D eigenvalue weighted by molar-refractivity contribution is 6.43. The summed E-state index contributed by atoms with van der Waals surface area (Å²) in [5.41, 5.74) is 35.6. The summed E-state index contributed by atoms with van der Waals surface area (Å²) < 4.78 is 0. The molecule has 0 bridgehead atoms. The Labute approximate surface area is 684 Å². The van der Waals surface area contributed by atoms with Crippen LogP contribution in [0.5, 0.6) is 0 Å². The van der Waals surface area contributed by atoms with Crippen LogP contribution in [0.2, 0.25) is 0 Å². The van der Waals surface area contributed by atoms with Crippen molar-refractivity contribution in [3.63, 3.8) is 0 Å². The maximum atomic E-state index is 2.47. The Morgan fingerprint density at radius 2 is 0.254 bits per heavy atom. The molecule has 0 aromatic heterocycles. The van der Waals surface area contributed by atoms with Gasteiger partial charge in [-0.2, -0.15) is 0 Å². The molecule has 0 atom stereocenters. The van der Waals surface area contributed by atoms with Gasteiger partial charge in [0.15, 0.2) is 0 Å². The number of fused-ring (bicyclic) bond motifs is 13. The van der Waals surface area contributed by atoms with E-state index in [1.165, 1.54) is 253 Å². The van der Waals surface area contributed by atoms with E-state index in [9.17, 15) is 0 Å². The molecule has 0 saturated heterocycles. The second kappa shape index (κ2) is 27.2. The first-order valence-corrected chi connectivity index (χ1v) is 41.1. The lowest BCUT2D eigenvalue weighted by Gasteiger charge is -2.25. The monoisotopic (exact) mass is 1490 g/mol. The van der Waals surface area contributed by atoms with Gasteiger partial charge in [0.05, 0.1) is 0 Å². The fourth-order valence-corrected chi connectivity index (χ4v) is 20.9. The number of benzene rings is 23. The molecule has 2 aliphatic rings. The molecule has 25 rings (SSSR count). The molecule has 0 spiro atoms. The second-order valence-corrected chi connectivity index (χ2v) is 31.6. The van der Waals surface area contributed by atoms with Gasteiger partial charge in [-0.05, 0) is 253 Å². The number of hydrogen-bond acceptors (Lipinski definition) is 0. The van der Waals surface area contributed by atoms with E-state index >= 15 is 0 Å². The second-order valence-electron chi connectivity index (χ2n) is 31.6. The summed E-state index contributed by atoms with van der Waals surface area (Å²) in [7, 11) is 0. The predicted molar refractivity (Wildman–Crippen MR) is 505 cm³/mol. The minimum Gasteiger partial charge on any atom is -0.0622 e. The molecule has 0 radical (unpaired) electrons. The van der Waals surface area contributed by atoms with Crippen LogP contribution in [-0.2, 0) is 0 Å². The number of hydrogen-bond donors (Lipinski definition) is 0. The van der Waals surface area contributed by atoms with Crippen molar-refractivity contribution in [3.05, 3.63) is 437 Å². The van der Waals surface area contributed by atoms with E-state index in [1.54, 1.807) is 0 Å². The van der Waals surface area contributed by atoms with Gasteiger partial charge in [-0.25, -0.2) is 0 Å². The van der Waals surface area contributed by atoms with E-state index in [4.69, 9.17) is 0 Å². The Kier molecular flexibility index (Phi) is 15.5. The topological polar surface area (TPSA) is 0 Å². The molecule has 0 unspecified atom stereocenters. The molecule has 0 saturated carbocycles. The molecule has 544 valence electrons. The Morgan fingerprint density at radius 3 is 0.500 bits per heavy atom. The highest BCUT2D eigenvalue weighted by Crippen LogP contribution is 2.64. The van der Waals surface area contributed by atoms with Crippen molar-refractivity contribution < 1.29 is 0 Å². The van der Waals surface area contributed by atoms with E-state index < -0.39 is 0 Å². The van der Waals surface area contributed by atoms with Gasteiger partial charge in [0.25, 0.3) is 0 Å². The molecule has 0 N–H and O–H groups in total. The van der Waals surface area contributed by atoms with E-state index in [-0.39, 0.29) is 0 Å². The normalized spacial score (nSPS) is 11.9. The largest absolute Gasteiger partial charge is 0.0622 e. The van der Waals surface area contributed by atoms with Gasteiger partial charge in [-0.15, -0.1) is 0 Å². The molecular formula is C118H72. The Morgan fingerprint density at radius 1 is 0.0763 bits per heavy atom. The van der Waals surface area contributed by atoms with Crippen LogP contribution in [0, 0.1) is 0 Å². The lowest BCUT2D eigenvalue weighted by molar-refractivity contribution is 1.59. The van der Waals surface area contributed by atoms with Gasteiger partial charge in [-0.1, -0.05) is 437 Å². The minimum absolute atomic E-state index is 1.22. The lowest BCUT2D eigenvalue weighted by atomic mass is 9.77. The Balaban J connectivity index is 0.000000160. The van der Waals surface area contributed by atoms with Crippen LogP contribution in [-0.4, -0.2) is 0 Å². The molecule has 2 aliphatic carbocycles. The quantitative estimate of drug-likeness (QED) is 0.0946. The van der Waals surface area contributed by atoms with Crippen LogP contribution >= 0.6 is 0 Å². The van der Waals surface area contributed by atoms with Crippen molar-refractivity contribution in [1.82, 2.24) is 0 Å². The zero-order chi connectivity index (χ0) is 77.5. The summed E-state index contributed by atoms with van der Waals surface area (Å²) in [6.07, 6.45) is 0. The highest BCUT2D eigenvalue weighted by atomic mass is 14.4. The van der Waals surface area contributed by atoms with Crippen molar-refractivity contribution in [2.75, 3.05) is 0 Å². The lowest BCUT2D eigenvalue weighted by Crippen LogP contribution is -1.97. The standard InChI is InChI=1S/C76H44.C42H28/c1-5-21-45(22-6-1)49-29-13-15-31-51(49)69-55-35-19-17-33-53(55)65(47-25-9-3-10-26-47)73-61-41-37-57-60-40-44-64-72-62(42-38-58(68(60)72)59-39-43-63(75(69)73)71(61)67(57)59)74-66(48-27-11-4-12-28-48)54-34-18-20-36-56(54)70(76(64)74)52-32-16-14-30-50(52)46-23-7-2-8-24-46;1-5-17-29(18-6-1)37-33-25-13-14-26-34(33)39(31-21-9-3-10-22-31)42-40(32-23-11-4-12-24-32)36-28-16-15-27-35(36)38(41(37)42)30-19-7-2-8-20-30/h1-44H;1-28H. The van der Waals surface area contributed by atoms with E-state index in [2.05, 4.69) is 437 Å². The minimum atomic E-state index is 1.22. The van der Waals surface area contributed by atoms with Crippen LogP contribution in [0.1, 0.15) is 0 Å². The van der Waals surface area contributed by atoms with Gasteiger partial charge in [-0.3, -0.25) is 0 Å². The van der Waals surface area contributed by atoms with Crippen molar-refractivity contribution in [1.29, 1.82) is 0 Å². The molecule has 0 fully saturated rings. The maximum Gasteiger partial charge on any atom is -0.000139 e. The molecule has 23 aromatic carbocycles. The fourth-order valence-electron chi connectivity index (χ4n) is 20.9. The van der Waals surface area contributed by atoms with Crippen LogP contribution in [0.25, 0.3) is 253 Å². The molecule has 0 heterocycles. The third-order valence-corrected chi connectivity index (χ3v) is 25.5. The SMILES string of the molecule is c1ccc(-c2c3ccccc3c(-c3ccccc3)c3c(-c4ccccc4)c4ccccc4c(-c4ccccc4)c23)cc1.c1ccc(-c2ccccc2-c2c3c(c(-c4ccccc4)c4ccccc24)-c2ccc4c5ccc6c7c(ccc(c8ccc-3c2c48)c75)-c2c-6c(-c3ccccc3-c3ccccc3)c3ccccc3c2-c2ccccc2)cc1. The zero-order valence-corrected chi connectivity index (χ0v) is 64.6. The average Bonchev–Trinajstić information content (AvgIpc) is 1.46. The van der Waals surface area contributed by atoms with Crippen molar-refractivity contribution >= 4 is 97.0 Å². The van der Waals surface area contributed by atoms with Crippen molar-refractivity contribution in [2.24, 2.45) is 0 Å². The van der Waals surface area contributed by atoms with E-state index in [0.29, 0.717) is 0 Å². The number of rotatable bonds is 10. The third-order valence-electron chi connectivity index (χ3n) is 25.5. The molecule has 118 heavy (non-hydrogen) atoms. The van der Waals surface area contributed by atoms with E-state index in [1.807, 2.05) is 0 Å². The van der Waals surface area contributed by atoms with Gasteiger partial charge in [0.2, 0.25) is 0 Å². The van der Waals surface area contributed by atoms with Crippen LogP contribution in [0.15, 0.2) is 437 Å².